The maximum absolute atomic E-state index is 11.3. The van der Waals surface area contributed by atoms with Gasteiger partial charge in [-0.15, -0.1) is 10.2 Å². The van der Waals surface area contributed by atoms with Crippen LogP contribution >= 0.6 is 0 Å². The lowest BCUT2D eigenvalue weighted by Gasteiger charge is -2.34. The van der Waals surface area contributed by atoms with Crippen molar-refractivity contribution in [3.63, 3.8) is 0 Å². The van der Waals surface area contributed by atoms with Crippen LogP contribution in [0.1, 0.15) is 36.5 Å². The molecule has 1 atom stereocenters. The maximum atomic E-state index is 11.3. The molecule has 1 fully saturated rings. The molecule has 0 radical (unpaired) electrons. The van der Waals surface area contributed by atoms with Crippen LogP contribution in [0.5, 0.6) is 0 Å². The van der Waals surface area contributed by atoms with Crippen LogP contribution in [0.25, 0.3) is 0 Å². The Morgan fingerprint density at radius 2 is 2.11 bits per heavy atom. The lowest BCUT2D eigenvalue weighted by Crippen LogP contribution is -2.47. The number of aryl methyl sites for hydroxylation is 1. The molecule has 0 aliphatic carbocycles. The van der Waals surface area contributed by atoms with E-state index in [1.807, 2.05) is 36.7 Å². The van der Waals surface area contributed by atoms with Crippen molar-refractivity contribution in [1.29, 1.82) is 0 Å². The number of rotatable bonds is 6. The Balaban J connectivity index is 1.73. The number of carbonyl (C=O) groups is 1. The molecular weight excluding hydrogens is 354 g/mol. The lowest BCUT2D eigenvalue weighted by atomic mass is 9.95. The molecular formula is C20H29N7O. The van der Waals surface area contributed by atoms with E-state index in [1.54, 1.807) is 0 Å². The van der Waals surface area contributed by atoms with Crippen molar-refractivity contribution in [2.45, 2.75) is 39.3 Å². The van der Waals surface area contributed by atoms with Crippen molar-refractivity contribution in [3.8, 4) is 0 Å². The predicted molar refractivity (Wildman–Crippen MR) is 108 cm³/mol. The Hall–Kier alpha value is -2.90. The van der Waals surface area contributed by atoms with Gasteiger partial charge in [-0.1, -0.05) is 30.3 Å². The summed E-state index contributed by atoms with van der Waals surface area (Å²) >= 11 is 0. The number of piperidine rings is 1. The summed E-state index contributed by atoms with van der Waals surface area (Å²) in [6, 6.07) is 10.2. The minimum absolute atomic E-state index is 0.239. The first-order chi connectivity index (χ1) is 13.5. The molecule has 28 heavy (non-hydrogen) atoms. The van der Waals surface area contributed by atoms with Gasteiger partial charge in [0.15, 0.2) is 11.8 Å². The summed E-state index contributed by atoms with van der Waals surface area (Å²) in [5.41, 5.74) is 6.57. The summed E-state index contributed by atoms with van der Waals surface area (Å²) in [4.78, 5) is 18.4. The minimum Gasteiger partial charge on any atom is -0.370 e. The van der Waals surface area contributed by atoms with Gasteiger partial charge in [0.25, 0.3) is 0 Å². The second-order valence-electron chi connectivity index (χ2n) is 7.33. The molecule has 0 bridgehead atoms. The van der Waals surface area contributed by atoms with Gasteiger partial charge in [-0.3, -0.25) is 4.79 Å². The molecule has 2 aromatic rings. The third-order valence-electron chi connectivity index (χ3n) is 5.15. The number of aliphatic imine (C=N–C) groups is 1. The topological polar surface area (TPSA) is 101 Å². The summed E-state index contributed by atoms with van der Waals surface area (Å²) in [6.07, 6.45) is 2.46. The van der Waals surface area contributed by atoms with Gasteiger partial charge in [0.1, 0.15) is 5.82 Å². The third-order valence-corrected chi connectivity index (χ3v) is 5.15. The van der Waals surface area contributed by atoms with E-state index in [0.717, 1.165) is 49.1 Å². The zero-order valence-corrected chi connectivity index (χ0v) is 16.6. The van der Waals surface area contributed by atoms with Gasteiger partial charge >= 0.3 is 0 Å². The summed E-state index contributed by atoms with van der Waals surface area (Å²) in [6.45, 7) is 4.76. The number of aromatic nitrogens is 3. The number of amides is 1. The average Bonchev–Trinajstić information content (AvgIpc) is 3.00. The highest BCUT2D eigenvalue weighted by Crippen LogP contribution is 2.19. The maximum Gasteiger partial charge on any atom is 0.217 e. The molecule has 2 heterocycles. The van der Waals surface area contributed by atoms with Crippen LogP contribution < -0.4 is 11.1 Å². The largest absolute Gasteiger partial charge is 0.370 e. The second kappa shape index (κ2) is 9.34. The van der Waals surface area contributed by atoms with E-state index in [1.165, 1.54) is 0 Å². The number of primary amides is 1. The predicted octanol–water partition coefficient (Wildman–Crippen LogP) is 1.36. The average molecular weight is 384 g/mol. The molecule has 8 heteroatoms. The molecule has 150 valence electrons. The first kappa shape index (κ1) is 19.9. The van der Waals surface area contributed by atoms with Gasteiger partial charge in [0, 0.05) is 26.6 Å². The Bertz CT molecular complexity index is 815. The van der Waals surface area contributed by atoms with Crippen LogP contribution in [0.3, 0.4) is 0 Å². The first-order valence-electron chi connectivity index (χ1n) is 9.73. The summed E-state index contributed by atoms with van der Waals surface area (Å²) in [5.74, 6) is 2.59. The normalized spacial score (nSPS) is 17.6. The van der Waals surface area contributed by atoms with Crippen LogP contribution in [-0.2, 0) is 24.9 Å². The fourth-order valence-corrected chi connectivity index (χ4v) is 3.49. The highest BCUT2D eigenvalue weighted by Gasteiger charge is 2.24. The van der Waals surface area contributed by atoms with E-state index in [-0.39, 0.29) is 11.8 Å². The Labute approximate surface area is 165 Å². The molecule has 3 N–H and O–H groups in total. The van der Waals surface area contributed by atoms with Gasteiger partial charge in [-0.05, 0) is 31.2 Å². The molecule has 0 spiro atoms. The minimum atomic E-state index is -0.239. The first-order valence-corrected chi connectivity index (χ1v) is 9.73. The van der Waals surface area contributed by atoms with Crippen molar-refractivity contribution < 1.29 is 4.79 Å². The quantitative estimate of drug-likeness (QED) is 0.579. The van der Waals surface area contributed by atoms with Gasteiger partial charge < -0.3 is 20.5 Å². The SMILES string of the molecule is Cc1nnc(CNC(=NCc2ccccc2)N2CCCC(CC(N)=O)C2)n1C. The van der Waals surface area contributed by atoms with Crippen LogP contribution in [0, 0.1) is 12.8 Å². The van der Waals surface area contributed by atoms with Crippen LogP contribution in [0.2, 0.25) is 0 Å². The molecule has 1 amide bonds. The fraction of sp³-hybridized carbons (Fsp3) is 0.500. The van der Waals surface area contributed by atoms with Gasteiger partial charge in [-0.2, -0.15) is 0 Å². The van der Waals surface area contributed by atoms with E-state index in [4.69, 9.17) is 10.7 Å². The number of hydrogen-bond donors (Lipinski definition) is 2. The summed E-state index contributed by atoms with van der Waals surface area (Å²) in [5, 5.41) is 11.8. The smallest absolute Gasteiger partial charge is 0.217 e. The third kappa shape index (κ3) is 5.31. The number of nitrogens with zero attached hydrogens (tertiary/aromatic N) is 5. The molecule has 1 saturated heterocycles. The summed E-state index contributed by atoms with van der Waals surface area (Å²) < 4.78 is 1.97. The highest BCUT2D eigenvalue weighted by molar-refractivity contribution is 5.80. The number of likely N-dealkylation sites (tertiary alicyclic amines) is 1. The number of nitrogens with two attached hydrogens (primary N) is 1. The molecule has 8 nitrogen and oxygen atoms in total. The standard InChI is InChI=1S/C20H29N7O/c1-15-24-25-19(26(15)2)13-23-20(22-12-16-7-4-3-5-8-16)27-10-6-9-17(14-27)11-18(21)28/h3-5,7-8,17H,6,9-14H2,1-2H3,(H2,21,28)(H,22,23). The molecule has 0 saturated carbocycles. The van der Waals surface area contributed by atoms with Crippen LogP contribution in [-0.4, -0.2) is 44.6 Å². The van der Waals surface area contributed by atoms with Crippen LogP contribution in [0.4, 0.5) is 0 Å². The van der Waals surface area contributed by atoms with Crippen molar-refractivity contribution in [3.05, 3.63) is 47.5 Å². The number of guanidine groups is 1. The van der Waals surface area contributed by atoms with Gasteiger partial charge in [0.05, 0.1) is 13.1 Å². The monoisotopic (exact) mass is 383 g/mol. The molecule has 1 aliphatic heterocycles. The van der Waals surface area contributed by atoms with E-state index in [2.05, 4.69) is 32.5 Å². The number of carbonyl (C=O) groups excluding carboxylic acids is 1. The summed E-state index contributed by atoms with van der Waals surface area (Å²) in [7, 11) is 1.96. The fourth-order valence-electron chi connectivity index (χ4n) is 3.49. The molecule has 1 aliphatic rings. The van der Waals surface area contributed by atoms with E-state index < -0.39 is 0 Å². The number of nitrogens with one attached hydrogen (secondary N) is 1. The van der Waals surface area contributed by atoms with Crippen molar-refractivity contribution in [1.82, 2.24) is 25.0 Å². The van der Waals surface area contributed by atoms with Gasteiger partial charge in [0.2, 0.25) is 5.91 Å². The molecule has 1 aromatic carbocycles. The van der Waals surface area contributed by atoms with E-state index in [0.29, 0.717) is 19.5 Å². The highest BCUT2D eigenvalue weighted by atomic mass is 16.1. The van der Waals surface area contributed by atoms with E-state index in [9.17, 15) is 4.79 Å². The van der Waals surface area contributed by atoms with Crippen molar-refractivity contribution in [2.24, 2.45) is 23.7 Å². The van der Waals surface area contributed by atoms with Crippen molar-refractivity contribution in [2.75, 3.05) is 13.1 Å². The molecule has 3 rings (SSSR count). The second-order valence-corrected chi connectivity index (χ2v) is 7.33. The zero-order chi connectivity index (χ0) is 19.9. The van der Waals surface area contributed by atoms with Crippen molar-refractivity contribution >= 4 is 11.9 Å². The van der Waals surface area contributed by atoms with E-state index >= 15 is 0 Å². The molecule has 1 unspecified atom stereocenters. The molecule has 1 aromatic heterocycles. The van der Waals surface area contributed by atoms with Crippen LogP contribution in [0.15, 0.2) is 35.3 Å². The number of hydrogen-bond acceptors (Lipinski definition) is 4. The number of benzene rings is 1. The Morgan fingerprint density at radius 3 is 2.79 bits per heavy atom. The Kier molecular flexibility index (Phi) is 6.62. The Morgan fingerprint density at radius 1 is 1.32 bits per heavy atom. The lowest BCUT2D eigenvalue weighted by molar-refractivity contribution is -0.119. The zero-order valence-electron chi connectivity index (χ0n) is 16.6. The van der Waals surface area contributed by atoms with Gasteiger partial charge in [-0.25, -0.2) is 4.99 Å².